The molecule has 0 bridgehead atoms. The Kier molecular flexibility index (Phi) is 3.54. The SMILES string of the molecule is CS(=O)(=O)Nc1ccnc2ccc(-c3ccc(F)cc3)cc12. The molecule has 3 aromatic rings. The lowest BCUT2D eigenvalue weighted by Gasteiger charge is -2.09. The van der Waals surface area contributed by atoms with Gasteiger partial charge in [-0.15, -0.1) is 0 Å². The van der Waals surface area contributed by atoms with E-state index in [0.717, 1.165) is 17.4 Å². The lowest BCUT2D eigenvalue weighted by atomic mass is 10.0. The van der Waals surface area contributed by atoms with Gasteiger partial charge in [0.1, 0.15) is 5.82 Å². The molecular formula is C16H13FN2O2S. The maximum Gasteiger partial charge on any atom is 0.229 e. The molecule has 0 aliphatic carbocycles. The van der Waals surface area contributed by atoms with Crippen molar-refractivity contribution in [1.29, 1.82) is 0 Å². The minimum absolute atomic E-state index is 0.300. The molecule has 1 aromatic heterocycles. The maximum atomic E-state index is 13.0. The zero-order valence-corrected chi connectivity index (χ0v) is 12.6. The molecule has 22 heavy (non-hydrogen) atoms. The van der Waals surface area contributed by atoms with E-state index in [9.17, 15) is 12.8 Å². The van der Waals surface area contributed by atoms with Gasteiger partial charge in [0, 0.05) is 11.6 Å². The van der Waals surface area contributed by atoms with Crippen molar-refractivity contribution < 1.29 is 12.8 Å². The van der Waals surface area contributed by atoms with Crippen LogP contribution in [0, 0.1) is 5.82 Å². The number of anilines is 1. The Morgan fingerprint density at radius 3 is 2.36 bits per heavy atom. The van der Waals surface area contributed by atoms with Crippen LogP contribution in [0.2, 0.25) is 0 Å². The largest absolute Gasteiger partial charge is 0.283 e. The summed E-state index contributed by atoms with van der Waals surface area (Å²) >= 11 is 0. The van der Waals surface area contributed by atoms with Crippen LogP contribution in [-0.2, 0) is 10.0 Å². The van der Waals surface area contributed by atoms with Gasteiger partial charge in [-0.3, -0.25) is 9.71 Å². The van der Waals surface area contributed by atoms with Gasteiger partial charge < -0.3 is 0 Å². The van der Waals surface area contributed by atoms with E-state index in [-0.39, 0.29) is 5.82 Å². The first kappa shape index (κ1) is 14.5. The van der Waals surface area contributed by atoms with E-state index in [1.165, 1.54) is 12.1 Å². The fourth-order valence-electron chi connectivity index (χ4n) is 2.26. The van der Waals surface area contributed by atoms with E-state index in [2.05, 4.69) is 9.71 Å². The second-order valence-corrected chi connectivity index (χ2v) is 6.72. The summed E-state index contributed by atoms with van der Waals surface area (Å²) in [7, 11) is -3.38. The fraction of sp³-hybridized carbons (Fsp3) is 0.0625. The van der Waals surface area contributed by atoms with E-state index in [1.54, 1.807) is 24.4 Å². The molecule has 4 nitrogen and oxygen atoms in total. The molecule has 0 atom stereocenters. The first-order valence-corrected chi connectivity index (χ1v) is 8.44. The lowest BCUT2D eigenvalue weighted by Crippen LogP contribution is -2.09. The smallest absolute Gasteiger partial charge is 0.229 e. The van der Waals surface area contributed by atoms with E-state index in [1.807, 2.05) is 18.2 Å². The second kappa shape index (κ2) is 5.38. The van der Waals surface area contributed by atoms with E-state index < -0.39 is 10.0 Å². The Morgan fingerprint density at radius 2 is 1.68 bits per heavy atom. The molecule has 0 radical (unpaired) electrons. The third-order valence-electron chi connectivity index (χ3n) is 3.21. The lowest BCUT2D eigenvalue weighted by molar-refractivity contribution is 0.607. The first-order chi connectivity index (χ1) is 10.4. The summed E-state index contributed by atoms with van der Waals surface area (Å²) in [6.45, 7) is 0. The molecule has 0 unspecified atom stereocenters. The Labute approximate surface area is 127 Å². The van der Waals surface area contributed by atoms with Crippen molar-refractivity contribution in [3.8, 4) is 11.1 Å². The predicted molar refractivity (Wildman–Crippen MR) is 85.6 cm³/mol. The van der Waals surface area contributed by atoms with Crippen molar-refractivity contribution in [2.24, 2.45) is 0 Å². The number of aromatic nitrogens is 1. The Balaban J connectivity index is 2.15. The number of nitrogens with zero attached hydrogens (tertiary/aromatic N) is 1. The summed E-state index contributed by atoms with van der Waals surface area (Å²) in [5, 5.41) is 0.690. The van der Waals surface area contributed by atoms with Crippen LogP contribution in [0.5, 0.6) is 0 Å². The Hall–Kier alpha value is -2.47. The molecule has 0 fully saturated rings. The number of hydrogen-bond donors (Lipinski definition) is 1. The summed E-state index contributed by atoms with van der Waals surface area (Å²) < 4.78 is 38.4. The van der Waals surface area contributed by atoms with Crippen molar-refractivity contribution in [2.75, 3.05) is 11.0 Å². The molecule has 3 rings (SSSR count). The first-order valence-electron chi connectivity index (χ1n) is 6.55. The van der Waals surface area contributed by atoms with Crippen molar-refractivity contribution in [2.45, 2.75) is 0 Å². The maximum absolute atomic E-state index is 13.0. The van der Waals surface area contributed by atoms with E-state index >= 15 is 0 Å². The average molecular weight is 316 g/mol. The van der Waals surface area contributed by atoms with Crippen molar-refractivity contribution >= 4 is 26.6 Å². The van der Waals surface area contributed by atoms with Crippen LogP contribution in [0.1, 0.15) is 0 Å². The Bertz CT molecular complexity index is 938. The van der Waals surface area contributed by atoms with Gasteiger partial charge in [-0.2, -0.15) is 0 Å². The molecule has 0 aliphatic rings. The molecule has 0 saturated heterocycles. The van der Waals surface area contributed by atoms with Crippen LogP contribution in [0.15, 0.2) is 54.7 Å². The number of sulfonamides is 1. The van der Waals surface area contributed by atoms with Crippen LogP contribution < -0.4 is 4.72 Å². The molecule has 0 spiro atoms. The standard InChI is InChI=1S/C16H13FN2O2S/c1-22(20,21)19-16-8-9-18-15-7-4-12(10-14(15)16)11-2-5-13(17)6-3-11/h2-10H,1H3,(H,18,19). The average Bonchev–Trinajstić information content (AvgIpc) is 2.46. The molecule has 1 N–H and O–H groups in total. The van der Waals surface area contributed by atoms with Gasteiger partial charge in [-0.05, 0) is 41.5 Å². The van der Waals surface area contributed by atoms with Crippen molar-refractivity contribution in [3.63, 3.8) is 0 Å². The normalized spacial score (nSPS) is 11.5. The highest BCUT2D eigenvalue weighted by Crippen LogP contribution is 2.28. The summed E-state index contributed by atoms with van der Waals surface area (Å²) in [6, 6.07) is 13.2. The summed E-state index contributed by atoms with van der Waals surface area (Å²) in [4.78, 5) is 4.23. The van der Waals surface area contributed by atoms with Gasteiger partial charge >= 0.3 is 0 Å². The Morgan fingerprint density at radius 1 is 1.00 bits per heavy atom. The molecule has 0 amide bonds. The van der Waals surface area contributed by atoms with Crippen molar-refractivity contribution in [3.05, 3.63) is 60.5 Å². The molecule has 112 valence electrons. The minimum atomic E-state index is -3.38. The number of halogens is 1. The van der Waals surface area contributed by atoms with Crippen molar-refractivity contribution in [1.82, 2.24) is 4.98 Å². The second-order valence-electron chi connectivity index (χ2n) is 4.97. The number of rotatable bonds is 3. The third-order valence-corrected chi connectivity index (χ3v) is 3.81. The monoisotopic (exact) mass is 316 g/mol. The molecule has 6 heteroatoms. The van der Waals surface area contributed by atoms with Gasteiger partial charge in [-0.1, -0.05) is 18.2 Å². The number of pyridine rings is 1. The van der Waals surface area contributed by atoms with Crippen LogP contribution >= 0.6 is 0 Å². The fourth-order valence-corrected chi connectivity index (χ4v) is 2.83. The quantitative estimate of drug-likeness (QED) is 0.805. The molecule has 0 saturated carbocycles. The number of nitrogens with one attached hydrogen (secondary N) is 1. The van der Waals surface area contributed by atoms with Gasteiger partial charge in [0.25, 0.3) is 0 Å². The highest BCUT2D eigenvalue weighted by molar-refractivity contribution is 7.92. The molecule has 1 heterocycles. The zero-order valence-electron chi connectivity index (χ0n) is 11.7. The zero-order chi connectivity index (χ0) is 15.7. The van der Waals surface area contributed by atoms with Gasteiger partial charge in [0.05, 0.1) is 17.5 Å². The summed E-state index contributed by atoms with van der Waals surface area (Å²) in [5.41, 5.74) is 2.85. The van der Waals surface area contributed by atoms with Crippen LogP contribution in [0.25, 0.3) is 22.0 Å². The van der Waals surface area contributed by atoms with Crippen LogP contribution in [0.4, 0.5) is 10.1 Å². The number of hydrogen-bond acceptors (Lipinski definition) is 3. The van der Waals surface area contributed by atoms with Gasteiger partial charge in [0.2, 0.25) is 10.0 Å². The number of fused-ring (bicyclic) bond motifs is 1. The molecular weight excluding hydrogens is 303 g/mol. The number of benzene rings is 2. The molecule has 2 aromatic carbocycles. The topological polar surface area (TPSA) is 59.1 Å². The van der Waals surface area contributed by atoms with Crippen LogP contribution in [0.3, 0.4) is 0 Å². The third kappa shape index (κ3) is 3.07. The van der Waals surface area contributed by atoms with E-state index in [0.29, 0.717) is 16.6 Å². The highest BCUT2D eigenvalue weighted by atomic mass is 32.2. The molecule has 0 aliphatic heterocycles. The van der Waals surface area contributed by atoms with E-state index in [4.69, 9.17) is 0 Å². The van der Waals surface area contributed by atoms with Gasteiger partial charge in [0.15, 0.2) is 0 Å². The van der Waals surface area contributed by atoms with Gasteiger partial charge in [-0.25, -0.2) is 12.8 Å². The minimum Gasteiger partial charge on any atom is -0.283 e. The predicted octanol–water partition coefficient (Wildman–Crippen LogP) is 3.41. The summed E-state index contributed by atoms with van der Waals surface area (Å²) in [5.74, 6) is -0.300. The highest BCUT2D eigenvalue weighted by Gasteiger charge is 2.08. The summed E-state index contributed by atoms with van der Waals surface area (Å²) in [6.07, 6.45) is 2.65. The van der Waals surface area contributed by atoms with Crippen LogP contribution in [-0.4, -0.2) is 19.7 Å².